The largest absolute Gasteiger partial charge is 0.342 e. The van der Waals surface area contributed by atoms with E-state index < -0.39 is 0 Å². The third kappa shape index (κ3) is 2.25. The number of rotatable bonds is 2. The van der Waals surface area contributed by atoms with Crippen LogP contribution < -0.4 is 0 Å². The number of piperidine rings is 1. The molecule has 0 unspecified atom stereocenters. The summed E-state index contributed by atoms with van der Waals surface area (Å²) in [5.41, 5.74) is 0.910. The summed E-state index contributed by atoms with van der Waals surface area (Å²) in [6.45, 7) is 1.75. The molecule has 5 heteroatoms. The second kappa shape index (κ2) is 5.57. The molecule has 0 N–H and O–H groups in total. The minimum atomic E-state index is 0.328. The van der Waals surface area contributed by atoms with Crippen LogP contribution in [-0.2, 0) is 4.79 Å². The van der Waals surface area contributed by atoms with Gasteiger partial charge in [-0.05, 0) is 56.1 Å². The highest BCUT2D eigenvalue weighted by Crippen LogP contribution is 2.49. The number of pyridine rings is 1. The maximum atomic E-state index is 12.9. The number of carbonyl (C=O) groups excluding carboxylic acids is 1. The van der Waals surface area contributed by atoms with Gasteiger partial charge in [0, 0.05) is 31.1 Å². The van der Waals surface area contributed by atoms with Gasteiger partial charge in [0.05, 0.1) is 0 Å². The van der Waals surface area contributed by atoms with Gasteiger partial charge in [0.15, 0.2) is 5.65 Å². The van der Waals surface area contributed by atoms with Gasteiger partial charge < -0.3 is 4.90 Å². The summed E-state index contributed by atoms with van der Waals surface area (Å²) >= 11 is 0. The fourth-order valence-electron chi connectivity index (χ4n) is 5.28. The first kappa shape index (κ1) is 14.4. The zero-order valence-electron chi connectivity index (χ0n) is 14.0. The molecule has 126 valence electrons. The van der Waals surface area contributed by atoms with E-state index in [0.717, 1.165) is 49.7 Å². The van der Waals surface area contributed by atoms with Crippen LogP contribution >= 0.6 is 0 Å². The number of hydrogen-bond acceptors (Lipinski definition) is 3. The molecule has 2 aromatic rings. The molecule has 5 nitrogen and oxygen atoms in total. The molecule has 0 aromatic carbocycles. The molecule has 1 aliphatic heterocycles. The zero-order chi connectivity index (χ0) is 16.1. The Hall–Kier alpha value is -1.91. The van der Waals surface area contributed by atoms with Gasteiger partial charge >= 0.3 is 0 Å². The summed E-state index contributed by atoms with van der Waals surface area (Å²) in [7, 11) is 0. The second-order valence-electron chi connectivity index (χ2n) is 7.87. The molecule has 1 saturated heterocycles. The van der Waals surface area contributed by atoms with Crippen molar-refractivity contribution < 1.29 is 4.79 Å². The molecule has 2 aromatic heterocycles. The Morgan fingerprint density at radius 1 is 1.04 bits per heavy atom. The van der Waals surface area contributed by atoms with Gasteiger partial charge in [0.2, 0.25) is 5.91 Å². The van der Waals surface area contributed by atoms with Gasteiger partial charge in [-0.15, -0.1) is 10.2 Å². The Morgan fingerprint density at radius 2 is 1.92 bits per heavy atom. The molecule has 0 radical (unpaired) electrons. The summed E-state index contributed by atoms with van der Waals surface area (Å²) in [6, 6.07) is 6.00. The molecule has 1 amide bonds. The summed E-state index contributed by atoms with van der Waals surface area (Å²) in [6.07, 6.45) is 9.14. The van der Waals surface area contributed by atoms with Gasteiger partial charge in [-0.2, -0.15) is 0 Å². The number of hydrogen-bond donors (Lipinski definition) is 0. The van der Waals surface area contributed by atoms with E-state index in [0.29, 0.717) is 23.7 Å². The molecular weight excluding hydrogens is 300 g/mol. The Morgan fingerprint density at radius 3 is 2.67 bits per heavy atom. The van der Waals surface area contributed by atoms with E-state index in [2.05, 4.69) is 19.5 Å². The first-order valence-electron chi connectivity index (χ1n) is 9.38. The fraction of sp³-hybridized carbons (Fsp3) is 0.632. The molecule has 3 heterocycles. The number of aromatic nitrogens is 3. The minimum absolute atomic E-state index is 0.328. The summed E-state index contributed by atoms with van der Waals surface area (Å²) in [4.78, 5) is 15.0. The standard InChI is InChI=1S/C19H24N4O/c24-19(16-12-13-4-5-15(16)11-13)22-9-6-14(7-10-22)18-21-20-17-3-1-2-8-23(17)18/h1-3,8,13-16H,4-7,9-12H2/t13-,15-,16+/m1/s1. The molecule has 2 bridgehead atoms. The van der Waals surface area contributed by atoms with Crippen LogP contribution in [0.2, 0.25) is 0 Å². The van der Waals surface area contributed by atoms with Crippen molar-refractivity contribution in [2.45, 2.75) is 44.4 Å². The molecule has 3 atom stereocenters. The van der Waals surface area contributed by atoms with Crippen LogP contribution in [-0.4, -0.2) is 38.5 Å². The third-order valence-corrected chi connectivity index (χ3v) is 6.57. The van der Waals surface area contributed by atoms with E-state index in [1.165, 1.54) is 19.3 Å². The molecular formula is C19H24N4O. The van der Waals surface area contributed by atoms with Crippen molar-refractivity contribution in [2.75, 3.05) is 13.1 Å². The SMILES string of the molecule is O=C([C@H]1C[C@@H]2CC[C@@H]1C2)N1CCC(c2nnc3ccccn23)CC1. The lowest BCUT2D eigenvalue weighted by Crippen LogP contribution is -2.42. The van der Waals surface area contributed by atoms with Crippen LogP contribution in [0.15, 0.2) is 24.4 Å². The van der Waals surface area contributed by atoms with Crippen LogP contribution in [0.3, 0.4) is 0 Å². The summed E-state index contributed by atoms with van der Waals surface area (Å²) in [5.74, 6) is 3.74. The Balaban J connectivity index is 1.27. The lowest BCUT2D eigenvalue weighted by Gasteiger charge is -2.34. The molecule has 5 rings (SSSR count). The maximum absolute atomic E-state index is 12.9. The van der Waals surface area contributed by atoms with Gasteiger partial charge in [-0.3, -0.25) is 9.20 Å². The number of carbonyl (C=O) groups is 1. The number of likely N-dealkylation sites (tertiary alicyclic amines) is 1. The van der Waals surface area contributed by atoms with Crippen molar-refractivity contribution in [3.8, 4) is 0 Å². The molecule has 2 aliphatic carbocycles. The number of nitrogens with zero attached hydrogens (tertiary/aromatic N) is 4. The highest BCUT2D eigenvalue weighted by molar-refractivity contribution is 5.79. The van der Waals surface area contributed by atoms with Crippen LogP contribution in [0.5, 0.6) is 0 Å². The van der Waals surface area contributed by atoms with E-state index in [1.807, 2.05) is 24.4 Å². The first-order chi connectivity index (χ1) is 11.8. The molecule has 0 spiro atoms. The lowest BCUT2D eigenvalue weighted by atomic mass is 9.86. The summed E-state index contributed by atoms with van der Waals surface area (Å²) in [5, 5.41) is 8.68. The van der Waals surface area contributed by atoms with E-state index in [9.17, 15) is 4.79 Å². The second-order valence-corrected chi connectivity index (χ2v) is 7.87. The topological polar surface area (TPSA) is 50.5 Å². The van der Waals surface area contributed by atoms with Gasteiger partial charge in [0.1, 0.15) is 5.82 Å². The van der Waals surface area contributed by atoms with Crippen LogP contribution in [0.4, 0.5) is 0 Å². The van der Waals surface area contributed by atoms with Crippen molar-refractivity contribution in [1.29, 1.82) is 0 Å². The Bertz CT molecular complexity index is 762. The van der Waals surface area contributed by atoms with Crippen molar-refractivity contribution in [3.63, 3.8) is 0 Å². The summed E-state index contributed by atoms with van der Waals surface area (Å²) < 4.78 is 2.10. The fourth-order valence-corrected chi connectivity index (χ4v) is 5.28. The van der Waals surface area contributed by atoms with Crippen molar-refractivity contribution in [1.82, 2.24) is 19.5 Å². The van der Waals surface area contributed by atoms with Gasteiger partial charge in [0.25, 0.3) is 0 Å². The highest BCUT2D eigenvalue weighted by Gasteiger charge is 2.44. The van der Waals surface area contributed by atoms with E-state index in [1.54, 1.807) is 0 Å². The van der Waals surface area contributed by atoms with Crippen LogP contribution in [0.25, 0.3) is 5.65 Å². The highest BCUT2D eigenvalue weighted by atomic mass is 16.2. The van der Waals surface area contributed by atoms with Crippen molar-refractivity contribution >= 4 is 11.6 Å². The third-order valence-electron chi connectivity index (χ3n) is 6.57. The van der Waals surface area contributed by atoms with Crippen molar-refractivity contribution in [2.24, 2.45) is 17.8 Å². The van der Waals surface area contributed by atoms with E-state index in [4.69, 9.17) is 0 Å². The number of amides is 1. The first-order valence-corrected chi connectivity index (χ1v) is 9.38. The Kier molecular flexibility index (Phi) is 3.35. The molecule has 3 fully saturated rings. The van der Waals surface area contributed by atoms with Crippen molar-refractivity contribution in [3.05, 3.63) is 30.2 Å². The quantitative estimate of drug-likeness (QED) is 0.853. The zero-order valence-corrected chi connectivity index (χ0v) is 14.0. The van der Waals surface area contributed by atoms with Crippen LogP contribution in [0.1, 0.15) is 50.3 Å². The average Bonchev–Trinajstić information content (AvgIpc) is 3.36. The normalized spacial score (nSPS) is 30.3. The smallest absolute Gasteiger partial charge is 0.225 e. The van der Waals surface area contributed by atoms with E-state index in [-0.39, 0.29) is 0 Å². The Labute approximate surface area is 142 Å². The van der Waals surface area contributed by atoms with E-state index >= 15 is 0 Å². The monoisotopic (exact) mass is 324 g/mol. The van der Waals surface area contributed by atoms with Gasteiger partial charge in [-0.1, -0.05) is 12.5 Å². The molecule has 3 aliphatic rings. The lowest BCUT2D eigenvalue weighted by molar-refractivity contribution is -0.138. The molecule has 24 heavy (non-hydrogen) atoms. The maximum Gasteiger partial charge on any atom is 0.225 e. The minimum Gasteiger partial charge on any atom is -0.342 e. The molecule has 2 saturated carbocycles. The predicted molar refractivity (Wildman–Crippen MR) is 90.5 cm³/mol. The van der Waals surface area contributed by atoms with Crippen LogP contribution in [0, 0.1) is 17.8 Å². The number of fused-ring (bicyclic) bond motifs is 3. The predicted octanol–water partition coefficient (Wildman–Crippen LogP) is 2.87. The average molecular weight is 324 g/mol. The van der Waals surface area contributed by atoms with Gasteiger partial charge in [-0.25, -0.2) is 0 Å².